The van der Waals surface area contributed by atoms with Gasteiger partial charge < -0.3 is 0 Å². The third-order valence-electron chi connectivity index (χ3n) is 4.20. The van der Waals surface area contributed by atoms with Crippen LogP contribution < -0.4 is 0 Å². The molecule has 27 heavy (non-hydrogen) atoms. The maximum Gasteiger partial charge on any atom is 0.416 e. The molecule has 0 saturated carbocycles. The van der Waals surface area contributed by atoms with Gasteiger partial charge in [-0.3, -0.25) is 0 Å². The summed E-state index contributed by atoms with van der Waals surface area (Å²) in [6.07, 6.45) is -4.46. The van der Waals surface area contributed by atoms with Crippen molar-refractivity contribution in [3.05, 3.63) is 79.7 Å². The van der Waals surface area contributed by atoms with Gasteiger partial charge in [0.25, 0.3) is 0 Å². The molecule has 3 rings (SSSR count). The van der Waals surface area contributed by atoms with Gasteiger partial charge in [-0.2, -0.15) is 13.2 Å². The normalized spacial score (nSPS) is 11.7. The summed E-state index contributed by atoms with van der Waals surface area (Å²) in [5.74, 6) is 0. The summed E-state index contributed by atoms with van der Waals surface area (Å²) in [4.78, 5) is 0. The van der Waals surface area contributed by atoms with E-state index < -0.39 is 11.7 Å². The van der Waals surface area contributed by atoms with Gasteiger partial charge in [0.15, 0.2) is 0 Å². The molecular formula is C20H11Cl4F3. The molecule has 0 aliphatic rings. The SMILES string of the molecule is Cc1c(-c2ccc(C(F)(F)F)cc2Cl)ccc(Cl)c1-c1ccc(Cl)cc1Cl. The van der Waals surface area contributed by atoms with E-state index in [4.69, 9.17) is 46.4 Å². The van der Waals surface area contributed by atoms with Crippen molar-refractivity contribution in [2.24, 2.45) is 0 Å². The van der Waals surface area contributed by atoms with Crippen molar-refractivity contribution in [1.29, 1.82) is 0 Å². The van der Waals surface area contributed by atoms with Crippen molar-refractivity contribution in [3.63, 3.8) is 0 Å². The molecule has 3 aromatic rings. The summed E-state index contributed by atoms with van der Waals surface area (Å²) in [5.41, 5.74) is 2.43. The first kappa shape index (κ1) is 20.3. The molecule has 140 valence electrons. The van der Waals surface area contributed by atoms with Gasteiger partial charge in [-0.15, -0.1) is 0 Å². The number of benzene rings is 3. The maximum atomic E-state index is 12.9. The van der Waals surface area contributed by atoms with E-state index in [2.05, 4.69) is 0 Å². The van der Waals surface area contributed by atoms with Gasteiger partial charge in [-0.1, -0.05) is 64.6 Å². The van der Waals surface area contributed by atoms with Crippen LogP contribution in [0, 0.1) is 6.92 Å². The van der Waals surface area contributed by atoms with E-state index in [9.17, 15) is 13.2 Å². The largest absolute Gasteiger partial charge is 0.416 e. The zero-order valence-electron chi connectivity index (χ0n) is 13.8. The lowest BCUT2D eigenvalue weighted by atomic mass is 9.92. The van der Waals surface area contributed by atoms with Gasteiger partial charge in [-0.05, 0) is 48.4 Å². The van der Waals surface area contributed by atoms with E-state index in [1.54, 1.807) is 30.3 Å². The predicted molar refractivity (Wildman–Crippen MR) is 107 cm³/mol. The van der Waals surface area contributed by atoms with Crippen LogP contribution in [-0.2, 0) is 6.18 Å². The zero-order chi connectivity index (χ0) is 19.9. The molecule has 0 nitrogen and oxygen atoms in total. The van der Waals surface area contributed by atoms with Gasteiger partial charge in [0.2, 0.25) is 0 Å². The minimum absolute atomic E-state index is 0.00315. The smallest absolute Gasteiger partial charge is 0.166 e. The van der Waals surface area contributed by atoms with Crippen molar-refractivity contribution >= 4 is 46.4 Å². The first-order valence-electron chi connectivity index (χ1n) is 7.71. The molecule has 0 atom stereocenters. The van der Waals surface area contributed by atoms with Crippen LogP contribution in [0.3, 0.4) is 0 Å². The molecule has 7 heteroatoms. The molecule has 0 aliphatic carbocycles. The van der Waals surface area contributed by atoms with E-state index in [1.807, 2.05) is 6.92 Å². The Labute approximate surface area is 174 Å². The summed E-state index contributed by atoms with van der Waals surface area (Å²) in [6.45, 7) is 1.81. The minimum atomic E-state index is -4.46. The Morgan fingerprint density at radius 2 is 1.26 bits per heavy atom. The van der Waals surface area contributed by atoms with Gasteiger partial charge in [0, 0.05) is 36.8 Å². The van der Waals surface area contributed by atoms with Crippen LogP contribution in [0.25, 0.3) is 22.3 Å². The van der Waals surface area contributed by atoms with E-state index in [-0.39, 0.29) is 5.02 Å². The fraction of sp³-hybridized carbons (Fsp3) is 0.100. The van der Waals surface area contributed by atoms with Crippen molar-refractivity contribution in [2.75, 3.05) is 0 Å². The molecular weight excluding hydrogens is 439 g/mol. The van der Waals surface area contributed by atoms with Crippen LogP contribution >= 0.6 is 46.4 Å². The summed E-state index contributed by atoms with van der Waals surface area (Å²) >= 11 is 24.8. The van der Waals surface area contributed by atoms with Crippen LogP contribution in [0.15, 0.2) is 48.5 Å². The Morgan fingerprint density at radius 3 is 1.85 bits per heavy atom. The number of rotatable bonds is 2. The van der Waals surface area contributed by atoms with E-state index >= 15 is 0 Å². The fourth-order valence-electron chi connectivity index (χ4n) is 2.90. The van der Waals surface area contributed by atoms with Crippen LogP contribution in [-0.4, -0.2) is 0 Å². The molecule has 0 heterocycles. The van der Waals surface area contributed by atoms with E-state index in [0.717, 1.165) is 17.7 Å². The first-order valence-corrected chi connectivity index (χ1v) is 9.22. The van der Waals surface area contributed by atoms with Crippen molar-refractivity contribution < 1.29 is 13.2 Å². The van der Waals surface area contributed by atoms with E-state index in [0.29, 0.717) is 37.3 Å². The monoisotopic (exact) mass is 448 g/mol. The highest BCUT2D eigenvalue weighted by Gasteiger charge is 2.31. The lowest BCUT2D eigenvalue weighted by Gasteiger charge is -2.17. The highest BCUT2D eigenvalue weighted by atomic mass is 35.5. The van der Waals surface area contributed by atoms with Gasteiger partial charge in [0.1, 0.15) is 0 Å². The van der Waals surface area contributed by atoms with E-state index in [1.165, 1.54) is 6.07 Å². The maximum absolute atomic E-state index is 12.9. The Balaban J connectivity index is 2.20. The second-order valence-corrected chi connectivity index (χ2v) is 7.57. The van der Waals surface area contributed by atoms with Gasteiger partial charge >= 0.3 is 6.18 Å². The number of hydrogen-bond donors (Lipinski definition) is 0. The molecule has 0 amide bonds. The average Bonchev–Trinajstić information content (AvgIpc) is 2.56. The highest BCUT2D eigenvalue weighted by molar-refractivity contribution is 6.38. The average molecular weight is 450 g/mol. The van der Waals surface area contributed by atoms with Crippen LogP contribution in [0.4, 0.5) is 13.2 Å². The van der Waals surface area contributed by atoms with Crippen molar-refractivity contribution in [3.8, 4) is 22.3 Å². The molecule has 0 radical (unpaired) electrons. The highest BCUT2D eigenvalue weighted by Crippen LogP contribution is 2.43. The second-order valence-electron chi connectivity index (χ2n) is 5.91. The Hall–Kier alpha value is -1.39. The molecule has 3 aromatic carbocycles. The summed E-state index contributed by atoms with van der Waals surface area (Å²) in [7, 11) is 0. The molecule has 0 bridgehead atoms. The van der Waals surface area contributed by atoms with Crippen molar-refractivity contribution in [1.82, 2.24) is 0 Å². The second kappa shape index (κ2) is 7.56. The minimum Gasteiger partial charge on any atom is -0.166 e. The quantitative estimate of drug-likeness (QED) is 0.366. The molecule has 0 fully saturated rings. The van der Waals surface area contributed by atoms with Crippen LogP contribution in [0.2, 0.25) is 20.1 Å². The molecule has 0 aromatic heterocycles. The van der Waals surface area contributed by atoms with Crippen LogP contribution in [0.5, 0.6) is 0 Å². The Kier molecular flexibility index (Phi) is 5.69. The zero-order valence-corrected chi connectivity index (χ0v) is 16.8. The summed E-state index contributed by atoms with van der Waals surface area (Å²) < 4.78 is 38.7. The van der Waals surface area contributed by atoms with Crippen LogP contribution in [0.1, 0.15) is 11.1 Å². The summed E-state index contributed by atoms with van der Waals surface area (Å²) in [5, 5.41) is 1.37. The molecule has 0 unspecified atom stereocenters. The predicted octanol–water partition coefficient (Wildman–Crippen LogP) is 8.96. The van der Waals surface area contributed by atoms with Gasteiger partial charge in [-0.25, -0.2) is 0 Å². The molecule has 0 spiro atoms. The molecule has 0 aliphatic heterocycles. The van der Waals surface area contributed by atoms with Crippen molar-refractivity contribution in [2.45, 2.75) is 13.1 Å². The first-order chi connectivity index (χ1) is 12.6. The Morgan fingerprint density at radius 1 is 0.667 bits per heavy atom. The standard InChI is InChI=1S/C20H11Cl4F3/c1-10-13(14-4-2-11(8-17(14)23)20(25,26)27)6-7-16(22)19(10)15-5-3-12(21)9-18(15)24/h2-9H,1H3. The number of alkyl halides is 3. The lowest BCUT2D eigenvalue weighted by molar-refractivity contribution is -0.137. The van der Waals surface area contributed by atoms with Gasteiger partial charge in [0.05, 0.1) is 5.56 Å². The molecule has 0 N–H and O–H groups in total. The third kappa shape index (κ3) is 4.07. The number of halogens is 7. The third-order valence-corrected chi connectivity index (χ3v) is 5.38. The summed E-state index contributed by atoms with van der Waals surface area (Å²) in [6, 6.07) is 11.7. The molecule has 0 saturated heterocycles. The lowest BCUT2D eigenvalue weighted by Crippen LogP contribution is -2.04. The fourth-order valence-corrected chi connectivity index (χ4v) is 4.00. The topological polar surface area (TPSA) is 0 Å². The Bertz CT molecular complexity index is 1030. The number of hydrogen-bond acceptors (Lipinski definition) is 0.